The first-order valence-electron chi connectivity index (χ1n) is 5.82. The third-order valence-corrected chi connectivity index (χ3v) is 4.69. The Bertz CT molecular complexity index is 499. The van der Waals surface area contributed by atoms with Crippen molar-refractivity contribution >= 4 is 33.9 Å². The van der Waals surface area contributed by atoms with Gasteiger partial charge in [0.2, 0.25) is 0 Å². The van der Waals surface area contributed by atoms with E-state index in [4.69, 9.17) is 4.98 Å². The number of aromatic nitrogens is 2. The molecule has 1 aliphatic rings. The maximum Gasteiger partial charge on any atom is 0.195 e. The van der Waals surface area contributed by atoms with Gasteiger partial charge in [-0.2, -0.15) is 11.8 Å². The summed E-state index contributed by atoms with van der Waals surface area (Å²) in [4.78, 5) is 8.29. The molecule has 0 aromatic carbocycles. The van der Waals surface area contributed by atoms with Crippen LogP contribution in [0.5, 0.6) is 0 Å². The summed E-state index contributed by atoms with van der Waals surface area (Å²) in [5, 5.41) is 5.34. The van der Waals surface area contributed by atoms with Crippen molar-refractivity contribution in [1.82, 2.24) is 14.7 Å². The van der Waals surface area contributed by atoms with Crippen LogP contribution in [0.25, 0.3) is 4.96 Å². The van der Waals surface area contributed by atoms with Crippen molar-refractivity contribution < 1.29 is 0 Å². The SMILES string of the molecule is CNCc1c(N2CCSCC2)nc2sccn12. The van der Waals surface area contributed by atoms with Gasteiger partial charge >= 0.3 is 0 Å². The third-order valence-electron chi connectivity index (χ3n) is 2.99. The molecule has 0 aliphatic carbocycles. The lowest BCUT2D eigenvalue weighted by molar-refractivity contribution is 0.764. The standard InChI is InChI=1S/C11H16N4S2/c1-12-8-9-10(14-2-5-16-6-3-14)13-11-15(9)4-7-17-11/h4,7,12H,2-3,5-6,8H2,1H3. The van der Waals surface area contributed by atoms with E-state index in [1.807, 2.05) is 18.8 Å². The fourth-order valence-electron chi connectivity index (χ4n) is 2.18. The first-order chi connectivity index (χ1) is 8.40. The van der Waals surface area contributed by atoms with Crippen molar-refractivity contribution in [2.24, 2.45) is 0 Å². The van der Waals surface area contributed by atoms with E-state index in [0.29, 0.717) is 0 Å². The molecular weight excluding hydrogens is 252 g/mol. The van der Waals surface area contributed by atoms with E-state index < -0.39 is 0 Å². The Morgan fingerprint density at radius 3 is 3.00 bits per heavy atom. The zero-order valence-electron chi connectivity index (χ0n) is 9.85. The summed E-state index contributed by atoms with van der Waals surface area (Å²) >= 11 is 3.74. The van der Waals surface area contributed by atoms with E-state index in [9.17, 15) is 0 Å². The number of hydrogen-bond acceptors (Lipinski definition) is 5. The lowest BCUT2D eigenvalue weighted by atomic mass is 10.3. The van der Waals surface area contributed by atoms with E-state index in [2.05, 4.69) is 26.2 Å². The Morgan fingerprint density at radius 1 is 1.41 bits per heavy atom. The predicted octanol–water partition coefficient (Wildman–Crippen LogP) is 1.67. The smallest absolute Gasteiger partial charge is 0.195 e. The minimum atomic E-state index is 0.872. The summed E-state index contributed by atoms with van der Waals surface area (Å²) < 4.78 is 2.21. The fourth-order valence-corrected chi connectivity index (χ4v) is 3.81. The molecule has 0 spiro atoms. The van der Waals surface area contributed by atoms with Gasteiger partial charge in [-0.15, -0.1) is 11.3 Å². The molecule has 3 rings (SSSR count). The molecule has 6 heteroatoms. The van der Waals surface area contributed by atoms with Crippen LogP contribution in [0.15, 0.2) is 11.6 Å². The number of anilines is 1. The van der Waals surface area contributed by atoms with Gasteiger partial charge in [0, 0.05) is 42.7 Å². The van der Waals surface area contributed by atoms with E-state index in [-0.39, 0.29) is 0 Å². The third kappa shape index (κ3) is 2.05. The number of hydrogen-bond donors (Lipinski definition) is 1. The molecule has 3 heterocycles. The van der Waals surface area contributed by atoms with Crippen LogP contribution in [-0.4, -0.2) is 41.0 Å². The molecule has 4 nitrogen and oxygen atoms in total. The molecule has 17 heavy (non-hydrogen) atoms. The second-order valence-electron chi connectivity index (χ2n) is 4.07. The van der Waals surface area contributed by atoms with Gasteiger partial charge < -0.3 is 10.2 Å². The van der Waals surface area contributed by atoms with E-state index in [1.165, 1.54) is 23.0 Å². The number of fused-ring (bicyclic) bond motifs is 1. The molecular formula is C11H16N4S2. The molecule has 0 unspecified atom stereocenters. The molecule has 0 radical (unpaired) electrons. The highest BCUT2D eigenvalue weighted by Crippen LogP contribution is 2.26. The van der Waals surface area contributed by atoms with Crippen LogP contribution in [0.3, 0.4) is 0 Å². The Labute approximate surface area is 109 Å². The zero-order valence-corrected chi connectivity index (χ0v) is 11.5. The van der Waals surface area contributed by atoms with Gasteiger partial charge in [-0.3, -0.25) is 4.40 Å². The summed E-state index contributed by atoms with van der Waals surface area (Å²) in [5.74, 6) is 3.60. The summed E-state index contributed by atoms with van der Waals surface area (Å²) in [6.45, 7) is 3.11. The van der Waals surface area contributed by atoms with E-state index >= 15 is 0 Å². The maximum absolute atomic E-state index is 4.77. The summed E-state index contributed by atoms with van der Waals surface area (Å²) in [5.41, 5.74) is 1.29. The summed E-state index contributed by atoms with van der Waals surface area (Å²) in [7, 11) is 1.99. The molecule has 0 bridgehead atoms. The molecule has 0 atom stereocenters. The molecule has 1 aliphatic heterocycles. The van der Waals surface area contributed by atoms with Crippen LogP contribution in [0.4, 0.5) is 5.82 Å². The maximum atomic E-state index is 4.77. The van der Waals surface area contributed by atoms with Crippen molar-refractivity contribution in [3.63, 3.8) is 0 Å². The Hall–Kier alpha value is -0.720. The number of imidazole rings is 1. The number of thiazole rings is 1. The molecule has 0 saturated carbocycles. The quantitative estimate of drug-likeness (QED) is 0.918. The van der Waals surface area contributed by atoms with E-state index in [0.717, 1.165) is 24.6 Å². The second-order valence-corrected chi connectivity index (χ2v) is 6.17. The van der Waals surface area contributed by atoms with Crippen LogP contribution >= 0.6 is 23.1 Å². The van der Waals surface area contributed by atoms with Crippen LogP contribution in [-0.2, 0) is 6.54 Å². The molecule has 2 aromatic heterocycles. The Kier molecular flexibility index (Phi) is 3.26. The van der Waals surface area contributed by atoms with Gasteiger partial charge in [0.15, 0.2) is 10.8 Å². The minimum Gasteiger partial charge on any atom is -0.353 e. The average molecular weight is 268 g/mol. The highest BCUT2D eigenvalue weighted by Gasteiger charge is 2.20. The molecule has 0 amide bonds. The highest BCUT2D eigenvalue weighted by molar-refractivity contribution is 7.99. The van der Waals surface area contributed by atoms with E-state index in [1.54, 1.807) is 11.3 Å². The number of thioether (sulfide) groups is 1. The number of rotatable bonds is 3. The molecule has 1 N–H and O–H groups in total. The normalized spacial score (nSPS) is 16.9. The number of nitrogens with one attached hydrogen (secondary N) is 1. The first kappa shape index (κ1) is 11.4. The molecule has 1 fully saturated rings. The molecule has 2 aromatic rings. The Morgan fingerprint density at radius 2 is 2.24 bits per heavy atom. The lowest BCUT2D eigenvalue weighted by Gasteiger charge is -2.27. The van der Waals surface area contributed by atoms with Gasteiger partial charge in [-0.1, -0.05) is 0 Å². The second kappa shape index (κ2) is 4.88. The number of nitrogens with zero attached hydrogens (tertiary/aromatic N) is 3. The van der Waals surface area contributed by atoms with Crippen LogP contribution in [0.1, 0.15) is 5.69 Å². The lowest BCUT2D eigenvalue weighted by Crippen LogP contribution is -2.33. The van der Waals surface area contributed by atoms with Gasteiger partial charge in [0.1, 0.15) is 0 Å². The van der Waals surface area contributed by atoms with Crippen LogP contribution < -0.4 is 10.2 Å². The van der Waals surface area contributed by atoms with Gasteiger partial charge in [-0.25, -0.2) is 4.98 Å². The van der Waals surface area contributed by atoms with Gasteiger partial charge in [0.25, 0.3) is 0 Å². The van der Waals surface area contributed by atoms with Crippen LogP contribution in [0, 0.1) is 0 Å². The van der Waals surface area contributed by atoms with Gasteiger partial charge in [-0.05, 0) is 7.05 Å². The first-order valence-corrected chi connectivity index (χ1v) is 7.85. The summed E-state index contributed by atoms with van der Waals surface area (Å²) in [6, 6.07) is 0. The fraction of sp³-hybridized carbons (Fsp3) is 0.545. The van der Waals surface area contributed by atoms with Crippen molar-refractivity contribution in [1.29, 1.82) is 0 Å². The Balaban J connectivity index is 2.00. The van der Waals surface area contributed by atoms with Crippen molar-refractivity contribution in [2.75, 3.05) is 36.5 Å². The zero-order chi connectivity index (χ0) is 11.7. The van der Waals surface area contributed by atoms with Crippen molar-refractivity contribution in [3.8, 4) is 0 Å². The predicted molar refractivity (Wildman–Crippen MR) is 75.4 cm³/mol. The van der Waals surface area contributed by atoms with Crippen LogP contribution in [0.2, 0.25) is 0 Å². The van der Waals surface area contributed by atoms with Crippen molar-refractivity contribution in [2.45, 2.75) is 6.54 Å². The van der Waals surface area contributed by atoms with Crippen molar-refractivity contribution in [3.05, 3.63) is 17.3 Å². The van der Waals surface area contributed by atoms with Gasteiger partial charge in [0.05, 0.1) is 5.69 Å². The molecule has 92 valence electrons. The highest BCUT2D eigenvalue weighted by atomic mass is 32.2. The largest absolute Gasteiger partial charge is 0.353 e. The molecule has 1 saturated heterocycles. The topological polar surface area (TPSA) is 32.6 Å². The average Bonchev–Trinajstić information content (AvgIpc) is 2.93. The summed E-state index contributed by atoms with van der Waals surface area (Å²) in [6.07, 6.45) is 2.11. The monoisotopic (exact) mass is 268 g/mol. The minimum absolute atomic E-state index is 0.872.